The topological polar surface area (TPSA) is 118 Å². The molecule has 2 heterocycles. The van der Waals surface area contributed by atoms with Gasteiger partial charge in [-0.1, -0.05) is 13.0 Å². The van der Waals surface area contributed by atoms with Crippen LogP contribution in [0.4, 0.5) is 5.69 Å². The van der Waals surface area contributed by atoms with Crippen molar-refractivity contribution < 1.29 is 28.3 Å². The lowest BCUT2D eigenvalue weighted by molar-refractivity contribution is -0.384. The molecule has 1 aliphatic heterocycles. The number of rotatable bonds is 5. The number of benzene rings is 3. The van der Waals surface area contributed by atoms with Gasteiger partial charge in [0, 0.05) is 18.2 Å². The summed E-state index contributed by atoms with van der Waals surface area (Å²) < 4.78 is 22.8. The molecule has 0 unspecified atom stereocenters. The van der Waals surface area contributed by atoms with Gasteiger partial charge in [-0.2, -0.15) is 0 Å². The van der Waals surface area contributed by atoms with Gasteiger partial charge in [-0.3, -0.25) is 14.9 Å². The fraction of sp³-hybridized carbons (Fsp3) is 0.185. The van der Waals surface area contributed by atoms with Gasteiger partial charge in [-0.05, 0) is 54.8 Å². The number of fused-ring (bicyclic) bond motifs is 2. The summed E-state index contributed by atoms with van der Waals surface area (Å²) in [7, 11) is 0. The minimum Gasteiger partial charge on any atom is -0.486 e. The average Bonchev–Trinajstić information content (AvgIpc) is 2.88. The first-order chi connectivity index (χ1) is 17.4. The maximum atomic E-state index is 13.5. The van der Waals surface area contributed by atoms with E-state index in [2.05, 4.69) is 0 Å². The fourth-order valence-electron chi connectivity index (χ4n) is 4.16. The Morgan fingerprint density at radius 1 is 1.03 bits per heavy atom. The highest BCUT2D eigenvalue weighted by Gasteiger charge is 2.20. The molecule has 182 valence electrons. The largest absolute Gasteiger partial charge is 0.486 e. The van der Waals surface area contributed by atoms with E-state index in [9.17, 15) is 19.7 Å². The third-order valence-electron chi connectivity index (χ3n) is 5.98. The van der Waals surface area contributed by atoms with E-state index in [1.165, 1.54) is 30.3 Å². The predicted octanol–water partition coefficient (Wildman–Crippen LogP) is 5.23. The van der Waals surface area contributed by atoms with Gasteiger partial charge < -0.3 is 18.6 Å². The summed E-state index contributed by atoms with van der Waals surface area (Å²) in [6.07, 6.45) is 0.492. The Bertz CT molecular complexity index is 1570. The van der Waals surface area contributed by atoms with Crippen LogP contribution in [-0.4, -0.2) is 24.1 Å². The molecule has 0 saturated heterocycles. The summed E-state index contributed by atoms with van der Waals surface area (Å²) >= 11 is 0. The van der Waals surface area contributed by atoms with E-state index in [1.54, 1.807) is 31.2 Å². The van der Waals surface area contributed by atoms with Crippen LogP contribution in [0.3, 0.4) is 0 Å². The summed E-state index contributed by atoms with van der Waals surface area (Å²) in [5.74, 6) is 1.18. The first kappa shape index (κ1) is 23.1. The smallest absolute Gasteiger partial charge is 0.343 e. The number of hydrogen-bond donors (Lipinski definition) is 0. The average molecular weight is 487 g/mol. The number of nitro benzene ring substituents is 1. The molecule has 9 heteroatoms. The zero-order valence-electron chi connectivity index (χ0n) is 19.5. The predicted molar refractivity (Wildman–Crippen MR) is 131 cm³/mol. The first-order valence-corrected chi connectivity index (χ1v) is 11.3. The lowest BCUT2D eigenvalue weighted by atomic mass is 10.00. The number of non-ortho nitro benzene ring substituents is 1. The Morgan fingerprint density at radius 2 is 1.75 bits per heavy atom. The molecule has 1 aromatic heterocycles. The van der Waals surface area contributed by atoms with Crippen molar-refractivity contribution in [3.63, 3.8) is 0 Å². The number of carbonyl (C=O) groups excluding carboxylic acids is 1. The summed E-state index contributed by atoms with van der Waals surface area (Å²) in [6, 6.07) is 13.7. The minimum absolute atomic E-state index is 0.127. The molecule has 36 heavy (non-hydrogen) atoms. The van der Waals surface area contributed by atoms with Crippen molar-refractivity contribution in [3.8, 4) is 28.4 Å². The molecule has 0 fully saturated rings. The lowest BCUT2D eigenvalue weighted by Crippen LogP contribution is -2.15. The molecule has 1 aliphatic rings. The number of hydrogen-bond acceptors (Lipinski definition) is 8. The van der Waals surface area contributed by atoms with E-state index in [-0.39, 0.29) is 28.0 Å². The molecular formula is C27H21NO8. The maximum Gasteiger partial charge on any atom is 0.343 e. The van der Waals surface area contributed by atoms with E-state index >= 15 is 0 Å². The van der Waals surface area contributed by atoms with Gasteiger partial charge in [0.05, 0.1) is 21.4 Å². The summed E-state index contributed by atoms with van der Waals surface area (Å²) in [5, 5.41) is 11.2. The zero-order valence-corrected chi connectivity index (χ0v) is 19.5. The molecule has 0 radical (unpaired) electrons. The zero-order chi connectivity index (χ0) is 25.4. The molecule has 3 aromatic carbocycles. The lowest BCUT2D eigenvalue weighted by Gasteiger charge is -2.19. The molecule has 0 N–H and O–H groups in total. The molecule has 9 nitrogen and oxygen atoms in total. The third kappa shape index (κ3) is 4.15. The standard InChI is InChI=1S/C27H21NO8/c1-3-16-12-20-23(14-22(16)36-27(30)17-4-7-19(8-5-17)28(31)32)35-15(2)25(26(20)29)18-6-9-21-24(13-18)34-11-10-33-21/h4-9,12-14H,3,10-11H2,1-2H3. The minimum atomic E-state index is -0.675. The quantitative estimate of drug-likeness (QED) is 0.163. The molecule has 0 bridgehead atoms. The SMILES string of the molecule is CCc1cc2c(=O)c(-c3ccc4c(c3)OCCO4)c(C)oc2cc1OC(=O)c1ccc([N+](=O)[O-])cc1. The second kappa shape index (κ2) is 9.18. The van der Waals surface area contributed by atoms with Crippen LogP contribution in [0.15, 0.2) is 63.8 Å². The highest BCUT2D eigenvalue weighted by molar-refractivity contribution is 5.92. The van der Waals surface area contributed by atoms with Crippen molar-refractivity contribution in [2.24, 2.45) is 0 Å². The van der Waals surface area contributed by atoms with Crippen molar-refractivity contribution in [2.75, 3.05) is 13.2 Å². The number of aryl methyl sites for hydroxylation is 2. The van der Waals surface area contributed by atoms with E-state index in [1.807, 2.05) is 6.92 Å². The van der Waals surface area contributed by atoms with Crippen LogP contribution in [0.2, 0.25) is 0 Å². The molecule has 5 rings (SSSR count). The molecule has 0 spiro atoms. The van der Waals surface area contributed by atoms with E-state index in [0.29, 0.717) is 59.0 Å². The highest BCUT2D eigenvalue weighted by atomic mass is 16.6. The summed E-state index contributed by atoms with van der Waals surface area (Å²) in [4.78, 5) is 36.5. The van der Waals surface area contributed by atoms with Gasteiger partial charge in [0.15, 0.2) is 11.5 Å². The van der Waals surface area contributed by atoms with Crippen molar-refractivity contribution in [2.45, 2.75) is 20.3 Å². The Labute approximate surface area is 205 Å². The maximum absolute atomic E-state index is 13.5. The number of esters is 1. The van der Waals surface area contributed by atoms with E-state index in [4.69, 9.17) is 18.6 Å². The summed E-state index contributed by atoms with van der Waals surface area (Å²) in [6.45, 7) is 4.48. The second-order valence-electron chi connectivity index (χ2n) is 8.22. The highest BCUT2D eigenvalue weighted by Crippen LogP contribution is 2.36. The molecule has 0 atom stereocenters. The number of nitro groups is 1. The number of ether oxygens (including phenoxy) is 3. The van der Waals surface area contributed by atoms with Crippen LogP contribution in [0.1, 0.15) is 28.6 Å². The molecule has 0 aliphatic carbocycles. The van der Waals surface area contributed by atoms with Gasteiger partial charge in [0.2, 0.25) is 5.43 Å². The first-order valence-electron chi connectivity index (χ1n) is 11.3. The van der Waals surface area contributed by atoms with E-state index in [0.717, 1.165) is 0 Å². The van der Waals surface area contributed by atoms with Crippen LogP contribution >= 0.6 is 0 Å². The van der Waals surface area contributed by atoms with Crippen LogP contribution < -0.4 is 19.6 Å². The van der Waals surface area contributed by atoms with Crippen LogP contribution in [0.25, 0.3) is 22.1 Å². The monoisotopic (exact) mass is 487 g/mol. The Hall–Kier alpha value is -4.66. The molecule has 0 amide bonds. The van der Waals surface area contributed by atoms with Gasteiger partial charge >= 0.3 is 5.97 Å². The van der Waals surface area contributed by atoms with Gasteiger partial charge in [-0.15, -0.1) is 0 Å². The van der Waals surface area contributed by atoms with E-state index < -0.39 is 10.9 Å². The van der Waals surface area contributed by atoms with Crippen LogP contribution in [0.5, 0.6) is 17.2 Å². The second-order valence-corrected chi connectivity index (χ2v) is 8.22. The fourth-order valence-corrected chi connectivity index (χ4v) is 4.16. The normalized spacial score (nSPS) is 12.4. The van der Waals surface area contributed by atoms with Crippen molar-refractivity contribution >= 4 is 22.6 Å². The molecular weight excluding hydrogens is 466 g/mol. The molecule has 0 saturated carbocycles. The summed E-state index contributed by atoms with van der Waals surface area (Å²) in [5.41, 5.74) is 1.81. The van der Waals surface area contributed by atoms with Crippen LogP contribution in [-0.2, 0) is 6.42 Å². The van der Waals surface area contributed by atoms with Crippen molar-refractivity contribution in [3.05, 3.63) is 91.8 Å². The van der Waals surface area contributed by atoms with Gasteiger partial charge in [-0.25, -0.2) is 4.79 Å². The Kier molecular flexibility index (Phi) is 5.89. The van der Waals surface area contributed by atoms with Gasteiger partial charge in [0.1, 0.15) is 30.3 Å². The van der Waals surface area contributed by atoms with Crippen molar-refractivity contribution in [1.29, 1.82) is 0 Å². The number of nitrogens with zero attached hydrogens (tertiary/aromatic N) is 1. The van der Waals surface area contributed by atoms with Crippen molar-refractivity contribution in [1.82, 2.24) is 0 Å². The number of carbonyl (C=O) groups is 1. The Balaban J connectivity index is 1.53. The Morgan fingerprint density at radius 3 is 2.44 bits per heavy atom. The van der Waals surface area contributed by atoms with Gasteiger partial charge in [0.25, 0.3) is 5.69 Å². The molecule has 4 aromatic rings. The van der Waals surface area contributed by atoms with Crippen LogP contribution in [0, 0.1) is 17.0 Å². The third-order valence-corrected chi connectivity index (χ3v) is 5.98.